The predicted molar refractivity (Wildman–Crippen MR) is 284 cm³/mol. The lowest BCUT2D eigenvalue weighted by molar-refractivity contribution is -0.166. The molecule has 0 rings (SSSR count). The Morgan fingerprint density at radius 3 is 1.14 bits per heavy atom. The van der Waals surface area contributed by atoms with Crippen LogP contribution in [0.1, 0.15) is 258 Å². The Kier molecular flexibility index (Phi) is 51.4. The van der Waals surface area contributed by atoms with Gasteiger partial charge in [-0.25, -0.2) is 0 Å². The number of allylic oxidation sites excluding steroid dienone is 14. The van der Waals surface area contributed by atoms with Gasteiger partial charge in [-0.1, -0.05) is 228 Å². The molecule has 1 atom stereocenters. The second-order valence-electron chi connectivity index (χ2n) is 18.1. The number of hydrogen-bond donors (Lipinski definition) is 0. The molecule has 0 heterocycles. The Morgan fingerprint density at radius 2 is 0.667 bits per heavy atom. The van der Waals surface area contributed by atoms with Crippen molar-refractivity contribution in [3.05, 3.63) is 85.1 Å². The van der Waals surface area contributed by atoms with E-state index in [-0.39, 0.29) is 37.5 Å². The van der Waals surface area contributed by atoms with E-state index in [9.17, 15) is 14.4 Å². The standard InChI is InChI=1S/C60H102O6/c1-4-7-10-13-16-19-22-25-27-29-30-31-33-35-38-41-44-47-50-53-59(62)65-56-57(55-64-58(61)52-49-46-43-40-37-34-24-21-18-15-12-9-6-3)66-60(63)54-51-48-45-42-39-36-32-28-26-23-20-17-14-11-8-5-2/h8,11,16-17,19-20,22,25-26,28,34,37,43,46,57H,4-7,9-10,12-15,18,21,23-24,27,29-33,35-36,38-42,44-45,47-56H2,1-3H3/b11-8+,19-16+,20-17+,25-22+,28-26+,37-34+,46-43+. The van der Waals surface area contributed by atoms with Crippen LogP contribution in [-0.4, -0.2) is 37.2 Å². The molecule has 0 radical (unpaired) electrons. The molecule has 66 heavy (non-hydrogen) atoms. The van der Waals surface area contributed by atoms with E-state index in [0.29, 0.717) is 19.3 Å². The summed E-state index contributed by atoms with van der Waals surface area (Å²) in [5, 5.41) is 0. The van der Waals surface area contributed by atoms with Crippen LogP contribution in [-0.2, 0) is 28.6 Å². The number of esters is 3. The molecule has 378 valence electrons. The van der Waals surface area contributed by atoms with Crippen molar-refractivity contribution >= 4 is 17.9 Å². The first-order valence-corrected chi connectivity index (χ1v) is 27.6. The molecule has 6 heteroatoms. The maximum atomic E-state index is 12.8. The molecule has 1 unspecified atom stereocenters. The Labute approximate surface area is 407 Å². The summed E-state index contributed by atoms with van der Waals surface area (Å²) < 4.78 is 16.8. The fourth-order valence-electron chi connectivity index (χ4n) is 7.50. The van der Waals surface area contributed by atoms with Crippen LogP contribution in [0.25, 0.3) is 0 Å². The van der Waals surface area contributed by atoms with Gasteiger partial charge in [0.2, 0.25) is 0 Å². The summed E-state index contributed by atoms with van der Waals surface area (Å²) in [5.74, 6) is -0.985. The molecule has 0 saturated carbocycles. The Balaban J connectivity index is 4.43. The van der Waals surface area contributed by atoms with Gasteiger partial charge in [-0.3, -0.25) is 14.4 Å². The van der Waals surface area contributed by atoms with E-state index in [1.807, 2.05) is 6.08 Å². The quantitative estimate of drug-likeness (QED) is 0.0199. The molecule has 0 amide bonds. The SMILES string of the molecule is CC/C=C/C/C=C/C/C=C/CCCCCCCCC(=O)OC(COC(=O)CC/C=C/C/C=C/CCCCCCCC)COC(=O)CCCCCCCCCCCC/C=C/C=C/CCCCC. The summed E-state index contributed by atoms with van der Waals surface area (Å²) in [5.41, 5.74) is 0. The molecular formula is C60H102O6. The molecule has 0 bridgehead atoms. The van der Waals surface area contributed by atoms with Gasteiger partial charge in [0.1, 0.15) is 13.2 Å². The van der Waals surface area contributed by atoms with Gasteiger partial charge in [0.15, 0.2) is 6.10 Å². The molecule has 0 aromatic rings. The molecule has 0 aromatic heterocycles. The highest BCUT2D eigenvalue weighted by Gasteiger charge is 2.19. The number of carbonyl (C=O) groups is 3. The van der Waals surface area contributed by atoms with Gasteiger partial charge in [-0.2, -0.15) is 0 Å². The third-order valence-electron chi connectivity index (χ3n) is 11.6. The Morgan fingerprint density at radius 1 is 0.333 bits per heavy atom. The van der Waals surface area contributed by atoms with E-state index in [1.54, 1.807) is 0 Å². The van der Waals surface area contributed by atoms with Crippen molar-refractivity contribution in [2.24, 2.45) is 0 Å². The van der Waals surface area contributed by atoms with Crippen molar-refractivity contribution in [2.75, 3.05) is 13.2 Å². The van der Waals surface area contributed by atoms with Gasteiger partial charge in [0.25, 0.3) is 0 Å². The number of ether oxygens (including phenoxy) is 3. The van der Waals surface area contributed by atoms with Gasteiger partial charge in [-0.15, -0.1) is 0 Å². The maximum absolute atomic E-state index is 12.8. The Bertz CT molecular complexity index is 1290. The highest BCUT2D eigenvalue weighted by Crippen LogP contribution is 2.14. The summed E-state index contributed by atoms with van der Waals surface area (Å²) in [6, 6.07) is 0. The van der Waals surface area contributed by atoms with E-state index >= 15 is 0 Å². The third kappa shape index (κ3) is 51.6. The zero-order valence-electron chi connectivity index (χ0n) is 43.2. The largest absolute Gasteiger partial charge is 0.462 e. The molecule has 0 fully saturated rings. The average Bonchev–Trinajstić information content (AvgIpc) is 3.31. The van der Waals surface area contributed by atoms with E-state index in [2.05, 4.69) is 99.8 Å². The normalized spacial score (nSPS) is 12.7. The summed E-state index contributed by atoms with van der Waals surface area (Å²) >= 11 is 0. The van der Waals surface area contributed by atoms with Crippen molar-refractivity contribution in [3.8, 4) is 0 Å². The second kappa shape index (κ2) is 54.2. The number of hydrogen-bond acceptors (Lipinski definition) is 6. The zero-order chi connectivity index (χ0) is 47.9. The van der Waals surface area contributed by atoms with Crippen LogP contribution in [0, 0.1) is 0 Å². The molecule has 0 aliphatic rings. The smallest absolute Gasteiger partial charge is 0.306 e. The summed E-state index contributed by atoms with van der Waals surface area (Å²) in [6.45, 7) is 6.43. The van der Waals surface area contributed by atoms with Crippen molar-refractivity contribution in [3.63, 3.8) is 0 Å². The first-order valence-electron chi connectivity index (χ1n) is 27.6. The molecule has 0 aliphatic heterocycles. The van der Waals surface area contributed by atoms with Crippen LogP contribution in [0.15, 0.2) is 85.1 Å². The van der Waals surface area contributed by atoms with Crippen LogP contribution in [0.3, 0.4) is 0 Å². The number of carbonyl (C=O) groups excluding carboxylic acids is 3. The number of rotatable bonds is 49. The Hall–Kier alpha value is -3.41. The van der Waals surface area contributed by atoms with E-state index in [1.165, 1.54) is 128 Å². The van der Waals surface area contributed by atoms with Crippen LogP contribution in [0.5, 0.6) is 0 Å². The van der Waals surface area contributed by atoms with E-state index < -0.39 is 6.10 Å². The van der Waals surface area contributed by atoms with Crippen LogP contribution < -0.4 is 0 Å². The summed E-state index contributed by atoms with van der Waals surface area (Å²) in [7, 11) is 0. The monoisotopic (exact) mass is 919 g/mol. The van der Waals surface area contributed by atoms with Crippen molar-refractivity contribution in [1.82, 2.24) is 0 Å². The van der Waals surface area contributed by atoms with Crippen LogP contribution in [0.4, 0.5) is 0 Å². The predicted octanol–water partition coefficient (Wildman–Crippen LogP) is 18.4. The summed E-state index contributed by atoms with van der Waals surface area (Å²) in [6.07, 6.45) is 70.1. The lowest BCUT2D eigenvalue weighted by Gasteiger charge is -2.18. The maximum Gasteiger partial charge on any atom is 0.306 e. The average molecular weight is 919 g/mol. The van der Waals surface area contributed by atoms with Gasteiger partial charge in [0.05, 0.1) is 0 Å². The van der Waals surface area contributed by atoms with Crippen molar-refractivity contribution in [1.29, 1.82) is 0 Å². The summed E-state index contributed by atoms with van der Waals surface area (Å²) in [4.78, 5) is 38.0. The van der Waals surface area contributed by atoms with Gasteiger partial charge >= 0.3 is 17.9 Å². The van der Waals surface area contributed by atoms with E-state index in [4.69, 9.17) is 14.2 Å². The minimum atomic E-state index is -0.808. The first-order chi connectivity index (χ1) is 32.5. The fourth-order valence-corrected chi connectivity index (χ4v) is 7.50. The fraction of sp³-hybridized carbons (Fsp3) is 0.717. The van der Waals surface area contributed by atoms with Gasteiger partial charge < -0.3 is 14.2 Å². The minimum absolute atomic E-state index is 0.101. The molecule has 0 aliphatic carbocycles. The van der Waals surface area contributed by atoms with Gasteiger partial charge in [0, 0.05) is 19.3 Å². The third-order valence-corrected chi connectivity index (χ3v) is 11.6. The molecule has 0 aromatic carbocycles. The van der Waals surface area contributed by atoms with Crippen LogP contribution in [0.2, 0.25) is 0 Å². The van der Waals surface area contributed by atoms with E-state index in [0.717, 1.165) is 83.5 Å². The topological polar surface area (TPSA) is 78.9 Å². The molecule has 0 N–H and O–H groups in total. The molecular weight excluding hydrogens is 817 g/mol. The zero-order valence-corrected chi connectivity index (χ0v) is 43.2. The lowest BCUT2D eigenvalue weighted by atomic mass is 10.1. The van der Waals surface area contributed by atoms with Crippen LogP contribution >= 0.6 is 0 Å². The lowest BCUT2D eigenvalue weighted by Crippen LogP contribution is -2.30. The van der Waals surface area contributed by atoms with Crippen molar-refractivity contribution in [2.45, 2.75) is 264 Å². The molecule has 0 spiro atoms. The number of unbranched alkanes of at least 4 members (excludes halogenated alkanes) is 25. The van der Waals surface area contributed by atoms with Gasteiger partial charge in [-0.05, 0) is 96.3 Å². The molecule has 0 saturated heterocycles. The minimum Gasteiger partial charge on any atom is -0.462 e. The highest BCUT2D eigenvalue weighted by molar-refractivity contribution is 5.71. The van der Waals surface area contributed by atoms with Crippen molar-refractivity contribution < 1.29 is 28.6 Å². The second-order valence-corrected chi connectivity index (χ2v) is 18.1. The molecule has 6 nitrogen and oxygen atoms in total. The highest BCUT2D eigenvalue weighted by atomic mass is 16.6. The first kappa shape index (κ1) is 62.6.